The van der Waals surface area contributed by atoms with Crippen molar-refractivity contribution in [1.82, 2.24) is 5.32 Å². The van der Waals surface area contributed by atoms with E-state index in [9.17, 15) is 0 Å². The molecule has 27 heavy (non-hydrogen) atoms. The van der Waals surface area contributed by atoms with E-state index < -0.39 is 0 Å². The van der Waals surface area contributed by atoms with Gasteiger partial charge in [-0.1, -0.05) is 30.7 Å². The number of methoxy groups -OCH3 is 1. The fourth-order valence-corrected chi connectivity index (χ4v) is 3.80. The molecular weight excluding hydrogens is 378 g/mol. The zero-order valence-electron chi connectivity index (χ0n) is 15.8. The summed E-state index contributed by atoms with van der Waals surface area (Å²) in [5.74, 6) is 1.42. The number of nitrogens with one attached hydrogen (secondary N) is 2. The Hall–Kier alpha value is -1.98. The Morgan fingerprint density at radius 3 is 2.70 bits per heavy atom. The predicted octanol–water partition coefficient (Wildman–Crippen LogP) is 5.07. The Balaban J connectivity index is 1.50. The first kappa shape index (κ1) is 19.8. The highest BCUT2D eigenvalue weighted by atomic mass is 35.5. The minimum Gasteiger partial charge on any atom is -0.495 e. The summed E-state index contributed by atoms with van der Waals surface area (Å²) < 4.78 is 5.16. The van der Waals surface area contributed by atoms with Gasteiger partial charge in [-0.25, -0.2) is 0 Å². The van der Waals surface area contributed by atoms with Gasteiger partial charge in [0.05, 0.1) is 12.1 Å². The van der Waals surface area contributed by atoms with Crippen molar-refractivity contribution in [3.05, 3.63) is 53.1 Å². The molecule has 0 radical (unpaired) electrons. The zero-order chi connectivity index (χ0) is 19.2. The lowest BCUT2D eigenvalue weighted by atomic mass is 9.99. The molecule has 0 saturated carbocycles. The summed E-state index contributed by atoms with van der Waals surface area (Å²) in [6, 6.07) is 14.2. The number of ether oxygens (including phenoxy) is 1. The molecule has 1 fully saturated rings. The van der Waals surface area contributed by atoms with Gasteiger partial charge in [-0.3, -0.25) is 0 Å². The zero-order valence-corrected chi connectivity index (χ0v) is 17.4. The van der Waals surface area contributed by atoms with Crippen molar-refractivity contribution in [2.24, 2.45) is 5.92 Å². The maximum Gasteiger partial charge on any atom is 0.171 e. The molecule has 3 rings (SSSR count). The number of nitrogens with zero attached hydrogens (tertiary/aromatic N) is 1. The Morgan fingerprint density at radius 1 is 1.26 bits per heavy atom. The third-order valence-electron chi connectivity index (χ3n) is 4.82. The van der Waals surface area contributed by atoms with Crippen LogP contribution in [0.3, 0.4) is 0 Å². The maximum absolute atomic E-state index is 6.14. The number of anilines is 2. The molecule has 4 nitrogen and oxygen atoms in total. The Morgan fingerprint density at radius 2 is 2.04 bits per heavy atom. The number of halogens is 1. The second-order valence-corrected chi connectivity index (χ2v) is 7.83. The van der Waals surface area contributed by atoms with E-state index in [2.05, 4.69) is 46.7 Å². The van der Waals surface area contributed by atoms with Crippen LogP contribution in [0.25, 0.3) is 0 Å². The van der Waals surface area contributed by atoms with Gasteiger partial charge < -0.3 is 20.3 Å². The molecule has 2 N–H and O–H groups in total. The van der Waals surface area contributed by atoms with Crippen LogP contribution in [0.4, 0.5) is 11.4 Å². The van der Waals surface area contributed by atoms with Crippen molar-refractivity contribution >= 4 is 40.3 Å². The van der Waals surface area contributed by atoms with Crippen LogP contribution in [0.1, 0.15) is 25.3 Å². The molecule has 1 aliphatic heterocycles. The van der Waals surface area contributed by atoms with E-state index in [0.717, 1.165) is 24.7 Å². The highest BCUT2D eigenvalue weighted by Gasteiger charge is 2.16. The first-order valence-corrected chi connectivity index (χ1v) is 10.1. The smallest absolute Gasteiger partial charge is 0.171 e. The van der Waals surface area contributed by atoms with Crippen LogP contribution in [-0.2, 0) is 6.54 Å². The molecular formula is C21H26ClN3OS. The van der Waals surface area contributed by atoms with Crippen LogP contribution >= 0.6 is 23.8 Å². The number of piperidine rings is 1. The molecule has 0 amide bonds. The van der Waals surface area contributed by atoms with E-state index in [4.69, 9.17) is 28.6 Å². The molecule has 1 atom stereocenters. The minimum atomic E-state index is 0.549. The van der Waals surface area contributed by atoms with Crippen molar-refractivity contribution in [1.29, 1.82) is 0 Å². The molecule has 1 heterocycles. The lowest BCUT2D eigenvalue weighted by Gasteiger charge is -2.32. The lowest BCUT2D eigenvalue weighted by Crippen LogP contribution is -2.34. The van der Waals surface area contributed by atoms with Crippen molar-refractivity contribution in [3.8, 4) is 5.75 Å². The maximum atomic E-state index is 6.14. The molecule has 1 aliphatic rings. The van der Waals surface area contributed by atoms with E-state index in [-0.39, 0.29) is 0 Å². The van der Waals surface area contributed by atoms with Gasteiger partial charge in [0, 0.05) is 31.0 Å². The second kappa shape index (κ2) is 9.29. The van der Waals surface area contributed by atoms with E-state index >= 15 is 0 Å². The highest BCUT2D eigenvalue weighted by Crippen LogP contribution is 2.27. The van der Waals surface area contributed by atoms with Gasteiger partial charge >= 0.3 is 0 Å². The largest absolute Gasteiger partial charge is 0.495 e. The van der Waals surface area contributed by atoms with E-state index in [1.54, 1.807) is 13.2 Å². The lowest BCUT2D eigenvalue weighted by molar-refractivity contribution is 0.415. The summed E-state index contributed by atoms with van der Waals surface area (Å²) in [7, 11) is 1.59. The number of rotatable bonds is 5. The van der Waals surface area contributed by atoms with Gasteiger partial charge in [-0.2, -0.15) is 0 Å². The van der Waals surface area contributed by atoms with Crippen LogP contribution in [0.5, 0.6) is 5.75 Å². The molecule has 0 spiro atoms. The monoisotopic (exact) mass is 403 g/mol. The van der Waals surface area contributed by atoms with Crippen molar-refractivity contribution in [3.63, 3.8) is 0 Å². The number of benzene rings is 2. The Bertz CT molecular complexity index is 781. The first-order valence-electron chi connectivity index (χ1n) is 9.27. The third kappa shape index (κ3) is 5.50. The summed E-state index contributed by atoms with van der Waals surface area (Å²) in [5, 5.41) is 7.49. The topological polar surface area (TPSA) is 36.5 Å². The summed E-state index contributed by atoms with van der Waals surface area (Å²) in [4.78, 5) is 2.48. The van der Waals surface area contributed by atoms with Gasteiger partial charge in [-0.15, -0.1) is 0 Å². The fourth-order valence-electron chi connectivity index (χ4n) is 3.35. The molecule has 2 aromatic carbocycles. The Kier molecular flexibility index (Phi) is 6.80. The molecule has 2 aromatic rings. The van der Waals surface area contributed by atoms with Gasteiger partial charge in [0.1, 0.15) is 5.75 Å². The molecule has 6 heteroatoms. The summed E-state index contributed by atoms with van der Waals surface area (Å²) in [6.07, 6.45) is 2.61. The molecule has 0 aromatic heterocycles. The quantitative estimate of drug-likeness (QED) is 0.681. The van der Waals surface area contributed by atoms with E-state index in [1.165, 1.54) is 24.1 Å². The molecule has 1 saturated heterocycles. The highest BCUT2D eigenvalue weighted by molar-refractivity contribution is 7.80. The molecule has 1 unspecified atom stereocenters. The summed E-state index contributed by atoms with van der Waals surface area (Å²) in [5.41, 5.74) is 3.33. The van der Waals surface area contributed by atoms with Crippen molar-refractivity contribution in [2.45, 2.75) is 26.3 Å². The van der Waals surface area contributed by atoms with Crippen LogP contribution in [0.15, 0.2) is 42.5 Å². The van der Waals surface area contributed by atoms with Crippen molar-refractivity contribution < 1.29 is 4.74 Å². The van der Waals surface area contributed by atoms with Gasteiger partial charge in [0.25, 0.3) is 0 Å². The number of thiocarbonyl (C=S) groups is 1. The van der Waals surface area contributed by atoms with E-state index in [0.29, 0.717) is 22.4 Å². The van der Waals surface area contributed by atoms with Crippen LogP contribution in [0, 0.1) is 5.92 Å². The summed E-state index contributed by atoms with van der Waals surface area (Å²) >= 11 is 11.5. The van der Waals surface area contributed by atoms with Gasteiger partial charge in [0.2, 0.25) is 0 Å². The first-order chi connectivity index (χ1) is 13.0. The van der Waals surface area contributed by atoms with E-state index in [1.807, 2.05) is 12.1 Å². The van der Waals surface area contributed by atoms with Crippen LogP contribution in [0.2, 0.25) is 5.02 Å². The minimum absolute atomic E-state index is 0.549. The second-order valence-electron chi connectivity index (χ2n) is 7.02. The normalized spacial score (nSPS) is 16.7. The SMILES string of the molecule is COc1ccc(NC(=S)NCc2ccc(N3CCCC(C)C3)cc2)cc1Cl. The molecule has 0 bridgehead atoms. The number of hydrogen-bond donors (Lipinski definition) is 2. The fraction of sp³-hybridized carbons (Fsp3) is 0.381. The predicted molar refractivity (Wildman–Crippen MR) is 118 cm³/mol. The van der Waals surface area contributed by atoms with Gasteiger partial charge in [0.15, 0.2) is 5.11 Å². The average molecular weight is 404 g/mol. The Labute approximate surface area is 171 Å². The summed E-state index contributed by atoms with van der Waals surface area (Å²) in [6.45, 7) is 5.30. The number of hydrogen-bond acceptors (Lipinski definition) is 3. The van der Waals surface area contributed by atoms with Crippen LogP contribution in [-0.4, -0.2) is 25.3 Å². The van der Waals surface area contributed by atoms with Crippen LogP contribution < -0.4 is 20.3 Å². The van der Waals surface area contributed by atoms with Crippen molar-refractivity contribution in [2.75, 3.05) is 30.4 Å². The standard InChI is InChI=1S/C21H26ClN3OS/c1-15-4-3-11-25(14-15)18-8-5-16(6-9-18)13-23-21(27)24-17-7-10-20(26-2)19(22)12-17/h5-10,12,15H,3-4,11,13-14H2,1-2H3,(H2,23,24,27). The molecule has 0 aliphatic carbocycles. The van der Waals surface area contributed by atoms with Gasteiger partial charge in [-0.05, 0) is 66.9 Å². The third-order valence-corrected chi connectivity index (χ3v) is 5.36. The average Bonchev–Trinajstić information content (AvgIpc) is 2.67. The molecule has 144 valence electrons.